The minimum atomic E-state index is -0.528. The van der Waals surface area contributed by atoms with Gasteiger partial charge in [0.05, 0.1) is 22.2 Å². The smallest absolute Gasteiger partial charge is 0.294 e. The highest BCUT2D eigenvalue weighted by Crippen LogP contribution is 2.37. The molecule has 0 aliphatic carbocycles. The molecule has 3 amide bonds. The van der Waals surface area contributed by atoms with Crippen molar-refractivity contribution < 1.29 is 28.6 Å². The highest BCUT2D eigenvalue weighted by atomic mass is 127. The second-order valence-electron chi connectivity index (χ2n) is 8.22. The van der Waals surface area contributed by atoms with Crippen LogP contribution in [0.4, 0.5) is 10.5 Å². The fraction of sp³-hybridized carbons (Fsp3) is 0.179. The van der Waals surface area contributed by atoms with Crippen LogP contribution in [0.5, 0.6) is 17.2 Å². The third-order valence-electron chi connectivity index (χ3n) is 5.47. The molecule has 0 unspecified atom stereocenters. The first-order valence-electron chi connectivity index (χ1n) is 11.8. The molecule has 3 aromatic rings. The Kier molecular flexibility index (Phi) is 10.1. The van der Waals surface area contributed by atoms with Gasteiger partial charge < -0.3 is 19.5 Å². The SMILES string of the molecule is CCOc1ccc(NC(=O)CN2C(=O)S/C(=C/c3cc(I)c(OCc4ccc(I)cc4)c(OC)c3)C2=O)cc1. The fourth-order valence-corrected chi connectivity index (χ4v) is 5.61. The number of nitrogens with one attached hydrogen (secondary N) is 1. The summed E-state index contributed by atoms with van der Waals surface area (Å²) in [6.07, 6.45) is 1.61. The molecule has 11 heteroatoms. The zero-order valence-electron chi connectivity index (χ0n) is 21.0. The van der Waals surface area contributed by atoms with Crippen LogP contribution in [0.2, 0.25) is 0 Å². The number of benzene rings is 3. The Balaban J connectivity index is 1.43. The van der Waals surface area contributed by atoms with E-state index in [2.05, 4.69) is 50.5 Å². The summed E-state index contributed by atoms with van der Waals surface area (Å²) in [7, 11) is 1.55. The van der Waals surface area contributed by atoms with Gasteiger partial charge in [-0.3, -0.25) is 19.3 Å². The van der Waals surface area contributed by atoms with Gasteiger partial charge in [-0.25, -0.2) is 0 Å². The third kappa shape index (κ3) is 7.66. The van der Waals surface area contributed by atoms with Crippen LogP contribution in [-0.4, -0.2) is 42.2 Å². The molecule has 0 aromatic heterocycles. The molecule has 1 aliphatic heterocycles. The van der Waals surface area contributed by atoms with Crippen molar-refractivity contribution in [1.82, 2.24) is 4.90 Å². The Bertz CT molecular complexity index is 1410. The van der Waals surface area contributed by atoms with Crippen LogP contribution < -0.4 is 19.5 Å². The number of carbonyl (C=O) groups is 3. The highest BCUT2D eigenvalue weighted by Gasteiger charge is 2.36. The minimum absolute atomic E-state index is 0.222. The summed E-state index contributed by atoms with van der Waals surface area (Å²) in [6, 6.07) is 18.5. The second-order valence-corrected chi connectivity index (χ2v) is 11.6. The van der Waals surface area contributed by atoms with Gasteiger partial charge >= 0.3 is 0 Å². The lowest BCUT2D eigenvalue weighted by atomic mass is 10.1. The molecule has 4 rings (SSSR count). The van der Waals surface area contributed by atoms with Crippen LogP contribution in [0.1, 0.15) is 18.1 Å². The predicted molar refractivity (Wildman–Crippen MR) is 168 cm³/mol. The van der Waals surface area contributed by atoms with Crippen molar-refractivity contribution in [3.8, 4) is 17.2 Å². The normalized spacial score (nSPS) is 14.1. The number of rotatable bonds is 10. The van der Waals surface area contributed by atoms with E-state index in [1.807, 2.05) is 37.3 Å². The molecule has 1 aliphatic rings. The average Bonchev–Trinajstić information content (AvgIpc) is 3.17. The number of imide groups is 1. The van der Waals surface area contributed by atoms with E-state index >= 15 is 0 Å². The number of ether oxygens (including phenoxy) is 3. The number of amides is 3. The molecule has 0 saturated carbocycles. The summed E-state index contributed by atoms with van der Waals surface area (Å²) < 4.78 is 18.9. The van der Waals surface area contributed by atoms with Crippen LogP contribution in [0, 0.1) is 7.14 Å². The number of methoxy groups -OCH3 is 1. The molecule has 1 N–H and O–H groups in total. The first-order valence-corrected chi connectivity index (χ1v) is 14.8. The van der Waals surface area contributed by atoms with Crippen molar-refractivity contribution in [2.45, 2.75) is 13.5 Å². The van der Waals surface area contributed by atoms with E-state index in [0.29, 0.717) is 41.7 Å². The van der Waals surface area contributed by atoms with Gasteiger partial charge in [0.1, 0.15) is 18.9 Å². The number of anilines is 1. The van der Waals surface area contributed by atoms with Crippen molar-refractivity contribution in [3.63, 3.8) is 0 Å². The van der Waals surface area contributed by atoms with E-state index in [1.165, 1.54) is 0 Å². The van der Waals surface area contributed by atoms with Gasteiger partial charge in [0.15, 0.2) is 11.5 Å². The Hall–Kier alpha value is -2.78. The summed E-state index contributed by atoms with van der Waals surface area (Å²) in [6.45, 7) is 2.41. The predicted octanol–water partition coefficient (Wildman–Crippen LogP) is 6.56. The topological polar surface area (TPSA) is 94.2 Å². The van der Waals surface area contributed by atoms with E-state index in [4.69, 9.17) is 14.2 Å². The maximum absolute atomic E-state index is 13.0. The maximum atomic E-state index is 13.0. The molecule has 0 spiro atoms. The fourth-order valence-electron chi connectivity index (χ4n) is 3.63. The second kappa shape index (κ2) is 13.5. The molecule has 1 fully saturated rings. The quantitative estimate of drug-likeness (QED) is 0.185. The van der Waals surface area contributed by atoms with Gasteiger partial charge in [0.2, 0.25) is 5.91 Å². The lowest BCUT2D eigenvalue weighted by Gasteiger charge is -2.14. The van der Waals surface area contributed by atoms with Gasteiger partial charge in [0.25, 0.3) is 11.1 Å². The van der Waals surface area contributed by atoms with Crippen LogP contribution in [0.3, 0.4) is 0 Å². The third-order valence-corrected chi connectivity index (χ3v) is 7.90. The van der Waals surface area contributed by atoms with Gasteiger partial charge in [-0.1, -0.05) is 12.1 Å². The number of hydrogen-bond acceptors (Lipinski definition) is 7. The molecule has 1 heterocycles. The summed E-state index contributed by atoms with van der Waals surface area (Å²) in [5, 5.41) is 2.19. The van der Waals surface area contributed by atoms with E-state index in [1.54, 1.807) is 43.5 Å². The summed E-state index contributed by atoms with van der Waals surface area (Å²) in [5.74, 6) is 0.775. The number of hydrogen-bond donors (Lipinski definition) is 1. The molecular formula is C28H24I2N2O6S. The molecule has 1 saturated heterocycles. The Morgan fingerprint density at radius 3 is 2.41 bits per heavy atom. The van der Waals surface area contributed by atoms with Gasteiger partial charge in [-0.15, -0.1) is 0 Å². The zero-order chi connectivity index (χ0) is 27.9. The van der Waals surface area contributed by atoms with E-state index in [9.17, 15) is 14.4 Å². The largest absolute Gasteiger partial charge is 0.494 e. The van der Waals surface area contributed by atoms with E-state index < -0.39 is 17.1 Å². The number of carbonyl (C=O) groups excluding carboxylic acids is 3. The molecule has 3 aromatic carbocycles. The maximum Gasteiger partial charge on any atom is 0.294 e. The molecule has 202 valence electrons. The van der Waals surface area contributed by atoms with Crippen molar-refractivity contribution >= 4 is 85.8 Å². The summed E-state index contributed by atoms with van der Waals surface area (Å²) in [5.41, 5.74) is 2.23. The van der Waals surface area contributed by atoms with Gasteiger partial charge in [-0.2, -0.15) is 0 Å². The monoisotopic (exact) mass is 770 g/mol. The van der Waals surface area contributed by atoms with Crippen LogP contribution >= 0.6 is 56.9 Å². The molecule has 0 bridgehead atoms. The first-order chi connectivity index (χ1) is 18.8. The van der Waals surface area contributed by atoms with Crippen molar-refractivity contribution in [1.29, 1.82) is 0 Å². The number of nitrogens with zero attached hydrogens (tertiary/aromatic N) is 1. The highest BCUT2D eigenvalue weighted by molar-refractivity contribution is 14.1. The molecular weight excluding hydrogens is 746 g/mol. The number of halogens is 2. The van der Waals surface area contributed by atoms with Crippen molar-refractivity contribution in [2.75, 3.05) is 25.6 Å². The Morgan fingerprint density at radius 1 is 1.03 bits per heavy atom. The average molecular weight is 770 g/mol. The number of thioether (sulfide) groups is 1. The van der Waals surface area contributed by atoms with Crippen LogP contribution in [0.15, 0.2) is 65.6 Å². The molecule has 0 atom stereocenters. The lowest BCUT2D eigenvalue weighted by molar-refractivity contribution is -0.127. The van der Waals surface area contributed by atoms with Gasteiger partial charge in [0, 0.05) is 9.26 Å². The standard InChI is InChI=1S/C28H24I2N2O6S/c1-3-37-21-10-8-20(9-11-21)31-25(33)15-32-27(34)24(39-28(32)35)14-18-12-22(30)26(23(13-18)36-2)38-16-17-4-6-19(29)7-5-17/h4-14H,3,15-16H2,1-2H3,(H,31,33)/b24-14+. The van der Waals surface area contributed by atoms with Crippen molar-refractivity contribution in [2.24, 2.45) is 0 Å². The van der Waals surface area contributed by atoms with E-state index in [0.717, 1.165) is 29.4 Å². The minimum Gasteiger partial charge on any atom is -0.494 e. The molecule has 39 heavy (non-hydrogen) atoms. The Labute approximate surface area is 257 Å². The van der Waals surface area contributed by atoms with Crippen LogP contribution in [-0.2, 0) is 16.2 Å². The lowest BCUT2D eigenvalue weighted by Crippen LogP contribution is -2.36. The van der Waals surface area contributed by atoms with Crippen LogP contribution in [0.25, 0.3) is 6.08 Å². The Morgan fingerprint density at radius 2 is 1.74 bits per heavy atom. The molecule has 0 radical (unpaired) electrons. The summed E-state index contributed by atoms with van der Waals surface area (Å²) >= 11 is 5.19. The van der Waals surface area contributed by atoms with Gasteiger partial charge in [-0.05, 0) is 130 Å². The first kappa shape index (κ1) is 29.2. The summed E-state index contributed by atoms with van der Waals surface area (Å²) in [4.78, 5) is 39.2. The zero-order valence-corrected chi connectivity index (χ0v) is 26.2. The van der Waals surface area contributed by atoms with Crippen molar-refractivity contribution in [3.05, 3.63) is 83.8 Å². The van der Waals surface area contributed by atoms with E-state index in [-0.39, 0.29) is 11.4 Å². The molecule has 8 nitrogen and oxygen atoms in total.